The van der Waals surface area contributed by atoms with Crippen LogP contribution in [0.5, 0.6) is 0 Å². The summed E-state index contributed by atoms with van der Waals surface area (Å²) in [5, 5.41) is 15.3. The summed E-state index contributed by atoms with van der Waals surface area (Å²) in [6.45, 7) is 0. The van der Waals surface area contributed by atoms with Crippen molar-refractivity contribution in [1.29, 1.82) is 0 Å². The minimum atomic E-state index is -2.08. The Balaban J connectivity index is -0.0000000150. The quantitative estimate of drug-likeness (QED) is 0.342. The molecule has 3 nitrogen and oxygen atoms in total. The second kappa shape index (κ2) is 15.7. The summed E-state index contributed by atoms with van der Waals surface area (Å²) in [5.41, 5.74) is 0. The van der Waals surface area contributed by atoms with Gasteiger partial charge in [0.15, 0.2) is 0 Å². The van der Waals surface area contributed by atoms with E-state index in [9.17, 15) is 0 Å². The first kappa shape index (κ1) is 23.2. The molecule has 0 unspecified atom stereocenters. The van der Waals surface area contributed by atoms with E-state index in [2.05, 4.69) is 0 Å². The monoisotopic (exact) mass is 142 g/mol. The van der Waals surface area contributed by atoms with Crippen LogP contribution in [-0.2, 0) is 0 Å². The molecule has 0 aliphatic rings. The predicted molar refractivity (Wildman–Crippen MR) is 8.02 cm³/mol. The minimum absolute atomic E-state index is 0. The smallest absolute Gasteiger partial charge is 1.00 e. The second-order valence-corrected chi connectivity index (χ2v) is 0.266. The van der Waals surface area contributed by atoms with Crippen molar-refractivity contribution in [3.05, 3.63) is 0 Å². The van der Waals surface area contributed by atoms with Gasteiger partial charge < -0.3 is 19.7 Å². The SMILES string of the molecule is O=C([O-])O.[F-].[K+].[Na+]. The van der Waals surface area contributed by atoms with Gasteiger partial charge in [0.25, 0.3) is 0 Å². The Kier molecular flexibility index (Phi) is 51.9. The molecule has 0 aromatic heterocycles. The van der Waals surface area contributed by atoms with Crippen molar-refractivity contribution in [2.75, 3.05) is 0 Å². The van der Waals surface area contributed by atoms with Crippen LogP contribution in [0.3, 0.4) is 0 Å². The fourth-order valence-electron chi connectivity index (χ4n) is 0. The molecule has 0 aromatic carbocycles. The molecule has 7 heavy (non-hydrogen) atoms. The standard InChI is InChI=1S/CH2O3.FH.K.Na/c2-1(3)4;;;/h(H2,2,3,4);1H;;/q;;2*+1/p-2. The van der Waals surface area contributed by atoms with Crippen LogP contribution in [0.25, 0.3) is 0 Å². The zero-order valence-corrected chi connectivity index (χ0v) is 9.26. The molecule has 0 aliphatic carbocycles. The van der Waals surface area contributed by atoms with Gasteiger partial charge in [0, 0.05) is 0 Å². The van der Waals surface area contributed by atoms with Gasteiger partial charge >= 0.3 is 80.9 Å². The van der Waals surface area contributed by atoms with Crippen LogP contribution < -0.4 is 90.8 Å². The molecule has 0 saturated heterocycles. The van der Waals surface area contributed by atoms with E-state index in [1.807, 2.05) is 0 Å². The Bertz CT molecular complexity index is 37.9. The molecule has 0 amide bonds. The summed E-state index contributed by atoms with van der Waals surface area (Å²) in [6.07, 6.45) is -2.08. The fraction of sp³-hybridized carbons (Fsp3) is 0. The van der Waals surface area contributed by atoms with E-state index in [0.29, 0.717) is 0 Å². The van der Waals surface area contributed by atoms with Crippen LogP contribution >= 0.6 is 0 Å². The van der Waals surface area contributed by atoms with Crippen LogP contribution in [0.1, 0.15) is 0 Å². The Hall–Kier alpha value is 1.84. The zero-order chi connectivity index (χ0) is 3.58. The maximum atomic E-state index is 8.44. The first-order valence-electron chi connectivity index (χ1n) is 0.632. The van der Waals surface area contributed by atoms with Crippen molar-refractivity contribution in [2.24, 2.45) is 0 Å². The maximum Gasteiger partial charge on any atom is 1.00 e. The van der Waals surface area contributed by atoms with E-state index < -0.39 is 6.16 Å². The Morgan fingerprint density at radius 2 is 1.57 bits per heavy atom. The topological polar surface area (TPSA) is 60.4 Å². The normalized spacial score (nSPS) is 3.43. The second-order valence-electron chi connectivity index (χ2n) is 0.266. The summed E-state index contributed by atoms with van der Waals surface area (Å²) >= 11 is 0. The number of rotatable bonds is 0. The van der Waals surface area contributed by atoms with Crippen molar-refractivity contribution in [2.45, 2.75) is 0 Å². The average Bonchev–Trinajstić information content (AvgIpc) is 0.811. The predicted octanol–water partition coefficient (Wildman–Crippen LogP) is -10.1. The zero-order valence-electron chi connectivity index (χ0n) is 4.14. The van der Waals surface area contributed by atoms with E-state index in [0.717, 1.165) is 0 Å². The van der Waals surface area contributed by atoms with Crippen LogP contribution in [0.2, 0.25) is 0 Å². The molecule has 0 bridgehead atoms. The van der Waals surface area contributed by atoms with Crippen molar-refractivity contribution >= 4 is 6.16 Å². The fourth-order valence-corrected chi connectivity index (χ4v) is 0. The third kappa shape index (κ3) is 79.2. The van der Waals surface area contributed by atoms with Crippen molar-refractivity contribution < 1.29 is 101 Å². The molecule has 0 saturated carbocycles. The van der Waals surface area contributed by atoms with Gasteiger partial charge in [0.2, 0.25) is 6.16 Å². The van der Waals surface area contributed by atoms with Crippen LogP contribution in [0.4, 0.5) is 4.79 Å². The molecule has 0 aliphatic heterocycles. The molecule has 0 fully saturated rings. The largest absolute Gasteiger partial charge is 1.00 e. The van der Waals surface area contributed by atoms with Gasteiger partial charge in [0.05, 0.1) is 0 Å². The average molecular weight is 142 g/mol. The third-order valence-electron chi connectivity index (χ3n) is 0. The van der Waals surface area contributed by atoms with Gasteiger partial charge in [-0.15, -0.1) is 0 Å². The summed E-state index contributed by atoms with van der Waals surface area (Å²) in [4.78, 5) is 8.44. The van der Waals surface area contributed by atoms with Crippen LogP contribution in [0.15, 0.2) is 0 Å². The summed E-state index contributed by atoms with van der Waals surface area (Å²) in [5.74, 6) is 0. The van der Waals surface area contributed by atoms with E-state index in [1.165, 1.54) is 0 Å². The van der Waals surface area contributed by atoms with Crippen molar-refractivity contribution in [3.63, 3.8) is 0 Å². The van der Waals surface area contributed by atoms with E-state index in [4.69, 9.17) is 15.0 Å². The number of carbonyl (C=O) groups is 1. The summed E-state index contributed by atoms with van der Waals surface area (Å²) in [6, 6.07) is 0. The first-order chi connectivity index (χ1) is 1.73. The first-order valence-corrected chi connectivity index (χ1v) is 0.632. The van der Waals surface area contributed by atoms with Gasteiger partial charge in [-0.2, -0.15) is 0 Å². The molecule has 0 rings (SSSR count). The maximum absolute atomic E-state index is 8.44. The van der Waals surface area contributed by atoms with Gasteiger partial charge in [-0.25, -0.2) is 0 Å². The number of carboxylic acid groups (broad SMARTS) is 2. The third-order valence-corrected chi connectivity index (χ3v) is 0. The Morgan fingerprint density at radius 3 is 1.57 bits per heavy atom. The van der Waals surface area contributed by atoms with Crippen molar-refractivity contribution in [1.82, 2.24) is 0 Å². The Morgan fingerprint density at radius 1 is 1.57 bits per heavy atom. The molecule has 6 heteroatoms. The number of hydrogen-bond donors (Lipinski definition) is 1. The molecule has 0 aromatic rings. The molecular weight excluding hydrogens is 141 g/mol. The molecule has 0 spiro atoms. The van der Waals surface area contributed by atoms with E-state index in [1.54, 1.807) is 0 Å². The summed E-state index contributed by atoms with van der Waals surface area (Å²) in [7, 11) is 0. The molecule has 1 N–H and O–H groups in total. The number of halogens is 1. The minimum Gasteiger partial charge on any atom is -1.00 e. The van der Waals surface area contributed by atoms with E-state index >= 15 is 0 Å². The molecule has 0 radical (unpaired) electrons. The molecule has 0 atom stereocenters. The molecular formula is CHFKNaO3. The van der Waals surface area contributed by atoms with Crippen LogP contribution in [0, 0.1) is 0 Å². The van der Waals surface area contributed by atoms with Crippen molar-refractivity contribution in [3.8, 4) is 0 Å². The summed E-state index contributed by atoms with van der Waals surface area (Å²) < 4.78 is 0. The number of hydrogen-bond acceptors (Lipinski definition) is 2. The molecule has 0 heterocycles. The van der Waals surface area contributed by atoms with Gasteiger partial charge in [-0.1, -0.05) is 0 Å². The van der Waals surface area contributed by atoms with Gasteiger partial charge in [-0.05, 0) is 0 Å². The van der Waals surface area contributed by atoms with Crippen LogP contribution in [-0.4, -0.2) is 11.3 Å². The van der Waals surface area contributed by atoms with E-state index in [-0.39, 0.29) is 85.6 Å². The van der Waals surface area contributed by atoms with Gasteiger partial charge in [-0.3, -0.25) is 0 Å². The Labute approximate surface area is 105 Å². The molecule has 32 valence electrons. The van der Waals surface area contributed by atoms with Gasteiger partial charge in [0.1, 0.15) is 0 Å².